The Kier molecular flexibility index (Phi) is 5.84. The second-order valence-corrected chi connectivity index (χ2v) is 5.00. The number of nitrogens with zero attached hydrogens (tertiary/aromatic N) is 3. The van der Waals surface area contributed by atoms with Crippen LogP contribution in [0.5, 0.6) is 0 Å². The third-order valence-electron chi connectivity index (χ3n) is 2.53. The van der Waals surface area contributed by atoms with Gasteiger partial charge < -0.3 is 4.90 Å². The van der Waals surface area contributed by atoms with Crippen molar-refractivity contribution in [3.05, 3.63) is 29.0 Å². The van der Waals surface area contributed by atoms with E-state index in [4.69, 9.17) is 5.84 Å². The quantitative estimate of drug-likeness (QED) is 0.453. The fraction of sp³-hybridized carbons (Fsp3) is 0.545. The van der Waals surface area contributed by atoms with E-state index >= 15 is 0 Å². The van der Waals surface area contributed by atoms with Crippen LogP contribution in [-0.4, -0.2) is 35.3 Å². The Morgan fingerprint density at radius 2 is 2.41 bits per heavy atom. The van der Waals surface area contributed by atoms with Gasteiger partial charge in [0.2, 0.25) is 0 Å². The molecule has 0 radical (unpaired) electrons. The largest absolute Gasteiger partial charge is 0.308 e. The zero-order valence-corrected chi connectivity index (χ0v) is 11.9. The van der Waals surface area contributed by atoms with Gasteiger partial charge in [-0.05, 0) is 36.4 Å². The highest BCUT2D eigenvalue weighted by Gasteiger charge is 2.17. The third-order valence-corrected chi connectivity index (χ3v) is 3.14. The Balaban J connectivity index is 2.87. The van der Waals surface area contributed by atoms with Crippen molar-refractivity contribution >= 4 is 15.9 Å². The summed E-state index contributed by atoms with van der Waals surface area (Å²) < 4.78 is 2.94. The van der Waals surface area contributed by atoms with Crippen molar-refractivity contribution in [2.45, 2.75) is 19.0 Å². The highest BCUT2D eigenvalue weighted by molar-refractivity contribution is 9.10. The molecule has 1 aromatic heterocycles. The lowest BCUT2D eigenvalue weighted by molar-refractivity contribution is 0.362. The van der Waals surface area contributed by atoms with Gasteiger partial charge in [0.05, 0.1) is 29.0 Å². The second-order valence-electron chi connectivity index (χ2n) is 4.15. The molecule has 6 heteroatoms. The molecular weight excluding hydrogens is 282 g/mol. The van der Waals surface area contributed by atoms with Crippen molar-refractivity contribution < 1.29 is 0 Å². The molecule has 17 heavy (non-hydrogen) atoms. The van der Waals surface area contributed by atoms with Crippen molar-refractivity contribution in [3.63, 3.8) is 0 Å². The maximum Gasteiger partial charge on any atom is 0.0712 e. The van der Waals surface area contributed by atoms with E-state index in [2.05, 4.69) is 37.9 Å². The zero-order chi connectivity index (χ0) is 12.8. The summed E-state index contributed by atoms with van der Waals surface area (Å²) in [7, 11) is 4.08. The van der Waals surface area contributed by atoms with Crippen LogP contribution in [0.4, 0.5) is 0 Å². The first-order valence-corrected chi connectivity index (χ1v) is 6.32. The predicted octanol–water partition coefficient (Wildman–Crippen LogP) is 1.29. The summed E-state index contributed by atoms with van der Waals surface area (Å²) >= 11 is 3.51. The molecule has 0 aliphatic carbocycles. The van der Waals surface area contributed by atoms with Gasteiger partial charge in [0.15, 0.2) is 0 Å². The van der Waals surface area contributed by atoms with Gasteiger partial charge in [0.25, 0.3) is 0 Å². The average molecular weight is 302 g/mol. The number of likely N-dealkylation sites (N-methyl/N-ethyl adjacent to an activating group) is 1. The van der Waals surface area contributed by atoms with Gasteiger partial charge in [-0.3, -0.25) is 16.0 Å². The van der Waals surface area contributed by atoms with Crippen molar-refractivity contribution in [2.75, 3.05) is 20.6 Å². The van der Waals surface area contributed by atoms with Crippen molar-refractivity contribution in [2.24, 2.45) is 5.84 Å². The number of hydrazine groups is 1. The standard InChI is InChI=1S/C11H20BrN5/c1-4-5-10(15-13)11-9(12)8-14-17(11)7-6-16(2)3/h4,8,10,15H,1,5-7,13H2,2-3H3. The minimum atomic E-state index is 0.0338. The van der Waals surface area contributed by atoms with E-state index in [1.165, 1.54) is 0 Å². The molecule has 0 saturated heterocycles. The van der Waals surface area contributed by atoms with Gasteiger partial charge >= 0.3 is 0 Å². The normalized spacial score (nSPS) is 13.0. The molecule has 0 bridgehead atoms. The molecule has 0 aliphatic rings. The Labute approximate surface area is 111 Å². The predicted molar refractivity (Wildman–Crippen MR) is 73.4 cm³/mol. The first kappa shape index (κ1) is 14.4. The molecule has 3 N–H and O–H groups in total. The number of hydrogen-bond donors (Lipinski definition) is 2. The monoisotopic (exact) mass is 301 g/mol. The summed E-state index contributed by atoms with van der Waals surface area (Å²) in [6, 6.07) is 0.0338. The maximum atomic E-state index is 5.57. The molecule has 0 aromatic carbocycles. The molecule has 0 amide bonds. The molecule has 1 atom stereocenters. The smallest absolute Gasteiger partial charge is 0.0712 e. The first-order valence-electron chi connectivity index (χ1n) is 5.53. The minimum Gasteiger partial charge on any atom is -0.308 e. The zero-order valence-electron chi connectivity index (χ0n) is 10.4. The lowest BCUT2D eigenvalue weighted by atomic mass is 10.1. The van der Waals surface area contributed by atoms with E-state index in [0.29, 0.717) is 0 Å². The van der Waals surface area contributed by atoms with Crippen LogP contribution in [0.15, 0.2) is 23.3 Å². The lowest BCUT2D eigenvalue weighted by Gasteiger charge is -2.18. The number of rotatable bonds is 7. The van der Waals surface area contributed by atoms with Crippen LogP contribution >= 0.6 is 15.9 Å². The van der Waals surface area contributed by atoms with Gasteiger partial charge in [-0.25, -0.2) is 0 Å². The number of hydrogen-bond acceptors (Lipinski definition) is 4. The topological polar surface area (TPSA) is 59.1 Å². The first-order chi connectivity index (χ1) is 8.10. The highest BCUT2D eigenvalue weighted by Crippen LogP contribution is 2.25. The number of aromatic nitrogens is 2. The van der Waals surface area contributed by atoms with Crippen LogP contribution < -0.4 is 11.3 Å². The van der Waals surface area contributed by atoms with Crippen molar-refractivity contribution in [3.8, 4) is 0 Å². The number of nitrogens with one attached hydrogen (secondary N) is 1. The van der Waals surface area contributed by atoms with E-state index in [1.807, 2.05) is 24.9 Å². The Hall–Kier alpha value is -0.690. The summed E-state index contributed by atoms with van der Waals surface area (Å²) in [6.07, 6.45) is 4.42. The molecule has 0 fully saturated rings. The van der Waals surface area contributed by atoms with Crippen molar-refractivity contribution in [1.29, 1.82) is 0 Å². The summed E-state index contributed by atoms with van der Waals surface area (Å²) in [5.74, 6) is 5.57. The molecular formula is C11H20BrN5. The second kappa shape index (κ2) is 6.90. The number of halogens is 1. The van der Waals surface area contributed by atoms with Crippen LogP contribution in [0.1, 0.15) is 18.2 Å². The van der Waals surface area contributed by atoms with Gasteiger partial charge in [-0.1, -0.05) is 6.08 Å². The molecule has 96 valence electrons. The van der Waals surface area contributed by atoms with Crippen LogP contribution in [0, 0.1) is 0 Å². The van der Waals surface area contributed by atoms with E-state index in [-0.39, 0.29) is 6.04 Å². The van der Waals surface area contributed by atoms with Gasteiger partial charge in [0.1, 0.15) is 0 Å². The van der Waals surface area contributed by atoms with Crippen LogP contribution in [0.25, 0.3) is 0 Å². The Morgan fingerprint density at radius 3 is 2.94 bits per heavy atom. The van der Waals surface area contributed by atoms with E-state index in [9.17, 15) is 0 Å². The molecule has 0 aliphatic heterocycles. The summed E-state index contributed by atoms with van der Waals surface area (Å²) in [5, 5.41) is 4.35. The molecule has 1 heterocycles. The number of nitrogens with two attached hydrogens (primary N) is 1. The Bertz CT molecular complexity index is 361. The minimum absolute atomic E-state index is 0.0338. The van der Waals surface area contributed by atoms with E-state index < -0.39 is 0 Å². The summed E-state index contributed by atoms with van der Waals surface area (Å²) in [5.41, 5.74) is 3.86. The van der Waals surface area contributed by atoms with Crippen molar-refractivity contribution in [1.82, 2.24) is 20.1 Å². The van der Waals surface area contributed by atoms with Crippen LogP contribution in [-0.2, 0) is 6.54 Å². The van der Waals surface area contributed by atoms with Gasteiger partial charge in [-0.15, -0.1) is 6.58 Å². The van der Waals surface area contributed by atoms with Crippen LogP contribution in [0.3, 0.4) is 0 Å². The summed E-state index contributed by atoms with van der Waals surface area (Å²) in [4.78, 5) is 2.12. The SMILES string of the molecule is C=CCC(NN)c1c(Br)cnn1CCN(C)C. The molecule has 1 rings (SSSR count). The fourth-order valence-corrected chi connectivity index (χ4v) is 2.19. The van der Waals surface area contributed by atoms with Crippen LogP contribution in [0.2, 0.25) is 0 Å². The Morgan fingerprint density at radius 1 is 1.71 bits per heavy atom. The van der Waals surface area contributed by atoms with E-state index in [0.717, 1.165) is 29.7 Å². The fourth-order valence-electron chi connectivity index (χ4n) is 1.62. The summed E-state index contributed by atoms with van der Waals surface area (Å²) in [6.45, 7) is 5.52. The molecule has 0 spiro atoms. The highest BCUT2D eigenvalue weighted by atomic mass is 79.9. The maximum absolute atomic E-state index is 5.57. The third kappa shape index (κ3) is 3.92. The van der Waals surface area contributed by atoms with E-state index in [1.54, 1.807) is 6.20 Å². The molecule has 1 unspecified atom stereocenters. The van der Waals surface area contributed by atoms with Gasteiger partial charge in [-0.2, -0.15) is 5.10 Å². The molecule has 0 saturated carbocycles. The molecule has 1 aromatic rings. The van der Waals surface area contributed by atoms with Gasteiger partial charge in [0, 0.05) is 6.54 Å². The molecule has 5 nitrogen and oxygen atoms in total. The average Bonchev–Trinajstić information content (AvgIpc) is 2.65. The lowest BCUT2D eigenvalue weighted by Crippen LogP contribution is -2.31.